The summed E-state index contributed by atoms with van der Waals surface area (Å²) in [5.74, 6) is 0.928. The maximum atomic E-state index is 9.19. The van der Waals surface area contributed by atoms with Gasteiger partial charge in [0.05, 0.1) is 0 Å². The van der Waals surface area contributed by atoms with Gasteiger partial charge in [0.2, 0.25) is 0 Å². The molecule has 78 valence electrons. The molecule has 2 aromatic heterocycles. The van der Waals surface area contributed by atoms with Crippen molar-refractivity contribution in [3.8, 4) is 17.1 Å². The average molecular weight is 212 g/mol. The molecular formula is C11H8N4O. The van der Waals surface area contributed by atoms with Gasteiger partial charge in [0.25, 0.3) is 0 Å². The topological polar surface area (TPSA) is 74.7 Å². The largest absolute Gasteiger partial charge is 0.508 e. The van der Waals surface area contributed by atoms with Crippen molar-refractivity contribution in [2.45, 2.75) is 0 Å². The van der Waals surface area contributed by atoms with Crippen LogP contribution in [0.4, 0.5) is 0 Å². The van der Waals surface area contributed by atoms with Gasteiger partial charge in [-0.3, -0.25) is 0 Å². The molecule has 0 aliphatic carbocycles. The van der Waals surface area contributed by atoms with Crippen molar-refractivity contribution in [3.05, 3.63) is 36.7 Å². The Bertz CT molecular complexity index is 597. The van der Waals surface area contributed by atoms with Crippen molar-refractivity contribution in [1.29, 1.82) is 0 Å². The molecule has 5 nitrogen and oxygen atoms in total. The van der Waals surface area contributed by atoms with Gasteiger partial charge in [-0.1, -0.05) is 0 Å². The van der Waals surface area contributed by atoms with Gasteiger partial charge < -0.3 is 10.1 Å². The molecule has 3 aromatic rings. The van der Waals surface area contributed by atoms with Crippen LogP contribution in [0.2, 0.25) is 0 Å². The van der Waals surface area contributed by atoms with E-state index in [-0.39, 0.29) is 5.75 Å². The van der Waals surface area contributed by atoms with Gasteiger partial charge in [0.15, 0.2) is 11.3 Å². The lowest BCUT2D eigenvalue weighted by Crippen LogP contribution is -1.79. The van der Waals surface area contributed by atoms with Crippen molar-refractivity contribution in [2.24, 2.45) is 0 Å². The second kappa shape index (κ2) is 3.30. The maximum absolute atomic E-state index is 9.19. The first-order chi connectivity index (χ1) is 7.83. The lowest BCUT2D eigenvalue weighted by molar-refractivity contribution is 0.475. The van der Waals surface area contributed by atoms with E-state index in [1.54, 1.807) is 36.7 Å². The maximum Gasteiger partial charge on any atom is 0.197 e. The molecule has 0 saturated heterocycles. The molecule has 0 spiro atoms. The molecule has 16 heavy (non-hydrogen) atoms. The van der Waals surface area contributed by atoms with E-state index in [9.17, 15) is 5.11 Å². The van der Waals surface area contributed by atoms with Gasteiger partial charge in [-0.05, 0) is 24.3 Å². The Morgan fingerprint density at radius 2 is 1.75 bits per heavy atom. The van der Waals surface area contributed by atoms with Crippen LogP contribution in [0.15, 0.2) is 36.7 Å². The van der Waals surface area contributed by atoms with Crippen LogP contribution >= 0.6 is 0 Å². The lowest BCUT2D eigenvalue weighted by atomic mass is 10.2. The molecule has 0 radical (unpaired) electrons. The summed E-state index contributed by atoms with van der Waals surface area (Å²) in [6.07, 6.45) is 3.21. The van der Waals surface area contributed by atoms with Crippen LogP contribution < -0.4 is 0 Å². The predicted molar refractivity (Wildman–Crippen MR) is 58.8 cm³/mol. The molecule has 0 atom stereocenters. The summed E-state index contributed by atoms with van der Waals surface area (Å²) in [7, 11) is 0. The number of aromatic amines is 1. The number of hydrogen-bond donors (Lipinski definition) is 2. The molecule has 1 aromatic carbocycles. The van der Waals surface area contributed by atoms with Crippen LogP contribution in [0, 0.1) is 0 Å². The predicted octanol–water partition coefficient (Wildman–Crippen LogP) is 1.73. The van der Waals surface area contributed by atoms with E-state index in [4.69, 9.17) is 0 Å². The highest BCUT2D eigenvalue weighted by Gasteiger charge is 2.05. The molecule has 0 amide bonds. The first kappa shape index (κ1) is 8.84. The fourth-order valence-corrected chi connectivity index (χ4v) is 1.50. The third-order valence-electron chi connectivity index (χ3n) is 2.27. The Hall–Kier alpha value is -2.43. The summed E-state index contributed by atoms with van der Waals surface area (Å²) in [4.78, 5) is 15.6. The Kier molecular flexibility index (Phi) is 1.83. The number of H-pyrrole nitrogens is 1. The quantitative estimate of drug-likeness (QED) is 0.644. The molecule has 5 heteroatoms. The van der Waals surface area contributed by atoms with Crippen LogP contribution in [-0.4, -0.2) is 25.0 Å². The third kappa shape index (κ3) is 1.38. The Labute approximate surface area is 90.8 Å². The number of phenols is 1. The van der Waals surface area contributed by atoms with Crippen LogP contribution in [-0.2, 0) is 0 Å². The van der Waals surface area contributed by atoms with Gasteiger partial charge in [0.1, 0.15) is 11.6 Å². The molecule has 0 aliphatic rings. The van der Waals surface area contributed by atoms with E-state index in [2.05, 4.69) is 19.9 Å². The normalized spacial score (nSPS) is 10.8. The first-order valence-corrected chi connectivity index (χ1v) is 4.79. The van der Waals surface area contributed by atoms with Gasteiger partial charge >= 0.3 is 0 Å². The molecule has 0 aliphatic heterocycles. The zero-order valence-electron chi connectivity index (χ0n) is 8.25. The van der Waals surface area contributed by atoms with Crippen molar-refractivity contribution >= 4 is 11.3 Å². The van der Waals surface area contributed by atoms with Gasteiger partial charge in [0, 0.05) is 18.0 Å². The van der Waals surface area contributed by atoms with E-state index in [0.29, 0.717) is 17.1 Å². The smallest absolute Gasteiger partial charge is 0.197 e. The molecule has 3 rings (SSSR count). The van der Waals surface area contributed by atoms with E-state index in [1.165, 1.54) is 0 Å². The highest BCUT2D eigenvalue weighted by Crippen LogP contribution is 2.20. The van der Waals surface area contributed by atoms with Crippen LogP contribution in [0.5, 0.6) is 5.75 Å². The monoisotopic (exact) mass is 212 g/mol. The standard InChI is InChI=1S/C11H8N4O/c16-8-3-1-7(2-4-8)9-14-10-11(15-9)13-6-5-12-10/h1-6,16H,(H,12,13,14,15). The van der Waals surface area contributed by atoms with E-state index in [0.717, 1.165) is 5.56 Å². The number of phenolic OH excluding ortho intramolecular Hbond substituents is 1. The molecular weight excluding hydrogens is 204 g/mol. The summed E-state index contributed by atoms with van der Waals surface area (Å²) in [5, 5.41) is 9.19. The van der Waals surface area contributed by atoms with E-state index in [1.807, 2.05) is 0 Å². The van der Waals surface area contributed by atoms with Crippen molar-refractivity contribution in [1.82, 2.24) is 19.9 Å². The zero-order chi connectivity index (χ0) is 11.0. The molecule has 0 fully saturated rings. The molecule has 2 heterocycles. The fraction of sp³-hybridized carbons (Fsp3) is 0. The Balaban J connectivity index is 2.15. The van der Waals surface area contributed by atoms with Gasteiger partial charge in [-0.2, -0.15) is 0 Å². The highest BCUT2D eigenvalue weighted by atomic mass is 16.3. The molecule has 0 saturated carbocycles. The number of hydrogen-bond acceptors (Lipinski definition) is 4. The van der Waals surface area contributed by atoms with Crippen molar-refractivity contribution in [2.75, 3.05) is 0 Å². The minimum Gasteiger partial charge on any atom is -0.508 e. The van der Waals surface area contributed by atoms with Crippen LogP contribution in [0.25, 0.3) is 22.7 Å². The minimum atomic E-state index is 0.233. The summed E-state index contributed by atoms with van der Waals surface area (Å²) in [6.45, 7) is 0. The number of rotatable bonds is 1. The summed E-state index contributed by atoms with van der Waals surface area (Å²) < 4.78 is 0. The van der Waals surface area contributed by atoms with Gasteiger partial charge in [-0.15, -0.1) is 0 Å². The number of aromatic nitrogens is 4. The highest BCUT2D eigenvalue weighted by molar-refractivity contribution is 5.71. The Morgan fingerprint density at radius 3 is 2.50 bits per heavy atom. The fourth-order valence-electron chi connectivity index (χ4n) is 1.50. The van der Waals surface area contributed by atoms with Crippen LogP contribution in [0.3, 0.4) is 0 Å². The number of benzene rings is 1. The summed E-state index contributed by atoms with van der Waals surface area (Å²) >= 11 is 0. The first-order valence-electron chi connectivity index (χ1n) is 4.79. The number of nitrogens with zero attached hydrogens (tertiary/aromatic N) is 3. The van der Waals surface area contributed by atoms with Crippen LogP contribution in [0.1, 0.15) is 0 Å². The summed E-state index contributed by atoms with van der Waals surface area (Å²) in [6, 6.07) is 6.80. The molecule has 0 unspecified atom stereocenters. The number of nitrogens with one attached hydrogen (secondary N) is 1. The lowest BCUT2D eigenvalue weighted by Gasteiger charge is -1.95. The van der Waals surface area contributed by atoms with E-state index < -0.39 is 0 Å². The Morgan fingerprint density at radius 1 is 1.00 bits per heavy atom. The number of imidazole rings is 1. The minimum absolute atomic E-state index is 0.233. The SMILES string of the molecule is Oc1ccc(-c2nc3nccnc3[nH]2)cc1. The number of fused-ring (bicyclic) bond motifs is 1. The number of aromatic hydroxyl groups is 1. The second-order valence-corrected chi connectivity index (χ2v) is 3.36. The molecule has 2 N–H and O–H groups in total. The van der Waals surface area contributed by atoms with Crippen molar-refractivity contribution in [3.63, 3.8) is 0 Å². The van der Waals surface area contributed by atoms with E-state index >= 15 is 0 Å². The zero-order valence-corrected chi connectivity index (χ0v) is 8.25. The second-order valence-electron chi connectivity index (χ2n) is 3.36. The van der Waals surface area contributed by atoms with Gasteiger partial charge in [-0.25, -0.2) is 15.0 Å². The summed E-state index contributed by atoms with van der Waals surface area (Å²) in [5.41, 5.74) is 2.13. The third-order valence-corrected chi connectivity index (χ3v) is 2.27. The van der Waals surface area contributed by atoms with Crippen molar-refractivity contribution < 1.29 is 5.11 Å². The average Bonchev–Trinajstić information content (AvgIpc) is 2.73. The molecule has 0 bridgehead atoms.